The van der Waals surface area contributed by atoms with Crippen molar-refractivity contribution in [1.82, 2.24) is 0 Å². The van der Waals surface area contributed by atoms with Crippen molar-refractivity contribution >= 4 is 11.6 Å². The van der Waals surface area contributed by atoms with Gasteiger partial charge in [-0.25, -0.2) is 0 Å². The van der Waals surface area contributed by atoms with Crippen LogP contribution in [0.25, 0.3) is 0 Å². The lowest BCUT2D eigenvalue weighted by Gasteiger charge is -2.23. The first-order valence-electron chi connectivity index (χ1n) is 6.62. The Hall–Kier alpha value is -1.31. The number of halogens is 1. The van der Waals surface area contributed by atoms with Crippen LogP contribution in [0.5, 0.6) is 0 Å². The van der Waals surface area contributed by atoms with Crippen LogP contribution in [0.1, 0.15) is 42.1 Å². The molecule has 0 amide bonds. The minimum Gasteiger partial charge on any atom is -0.388 e. The molecule has 0 saturated heterocycles. The van der Waals surface area contributed by atoms with Gasteiger partial charge in [-0.2, -0.15) is 0 Å². The molecule has 100 valence electrons. The second-order valence-electron chi connectivity index (χ2n) is 4.88. The number of rotatable bonds is 4. The Morgan fingerprint density at radius 1 is 1.05 bits per heavy atom. The van der Waals surface area contributed by atoms with E-state index in [-0.39, 0.29) is 5.92 Å². The van der Waals surface area contributed by atoms with E-state index >= 15 is 0 Å². The number of hydrogen-bond donors (Lipinski definition) is 1. The zero-order chi connectivity index (χ0) is 13.8. The van der Waals surface area contributed by atoms with E-state index in [1.165, 1.54) is 0 Å². The second kappa shape index (κ2) is 6.23. The van der Waals surface area contributed by atoms with Gasteiger partial charge in [0.05, 0.1) is 6.10 Å². The van der Waals surface area contributed by atoms with Gasteiger partial charge in [-0.1, -0.05) is 61.0 Å². The van der Waals surface area contributed by atoms with Gasteiger partial charge in [0.1, 0.15) is 0 Å². The van der Waals surface area contributed by atoms with Crippen molar-refractivity contribution in [3.63, 3.8) is 0 Å². The predicted molar refractivity (Wildman–Crippen MR) is 80.6 cm³/mol. The minimum atomic E-state index is -0.523. The van der Waals surface area contributed by atoms with E-state index in [1.54, 1.807) is 0 Å². The highest BCUT2D eigenvalue weighted by atomic mass is 35.5. The third-order valence-corrected chi connectivity index (χ3v) is 3.99. The van der Waals surface area contributed by atoms with E-state index in [9.17, 15) is 5.11 Å². The van der Waals surface area contributed by atoms with Crippen LogP contribution in [0.4, 0.5) is 0 Å². The molecule has 0 bridgehead atoms. The first-order chi connectivity index (χ1) is 9.13. The van der Waals surface area contributed by atoms with Crippen molar-refractivity contribution in [2.45, 2.75) is 32.3 Å². The summed E-state index contributed by atoms with van der Waals surface area (Å²) in [6.45, 7) is 4.06. The van der Waals surface area contributed by atoms with Gasteiger partial charge < -0.3 is 5.11 Å². The fraction of sp³-hybridized carbons (Fsp3) is 0.294. The Morgan fingerprint density at radius 2 is 1.74 bits per heavy atom. The Balaban J connectivity index is 2.30. The summed E-state index contributed by atoms with van der Waals surface area (Å²) in [5.74, 6) is 0.0972. The zero-order valence-corrected chi connectivity index (χ0v) is 12.1. The van der Waals surface area contributed by atoms with Crippen LogP contribution in [0.15, 0.2) is 48.5 Å². The Morgan fingerprint density at radius 3 is 2.32 bits per heavy atom. The Kier molecular flexibility index (Phi) is 4.62. The highest BCUT2D eigenvalue weighted by Crippen LogP contribution is 2.34. The zero-order valence-electron chi connectivity index (χ0n) is 11.3. The van der Waals surface area contributed by atoms with Crippen LogP contribution in [0, 0.1) is 6.92 Å². The molecule has 2 aromatic carbocycles. The fourth-order valence-electron chi connectivity index (χ4n) is 2.37. The van der Waals surface area contributed by atoms with E-state index in [2.05, 4.69) is 19.1 Å². The molecule has 0 aliphatic carbocycles. The highest BCUT2D eigenvalue weighted by Gasteiger charge is 2.21. The summed E-state index contributed by atoms with van der Waals surface area (Å²) in [6.07, 6.45) is 0.363. The van der Waals surface area contributed by atoms with Crippen LogP contribution in [0.3, 0.4) is 0 Å². The van der Waals surface area contributed by atoms with Gasteiger partial charge in [-0.3, -0.25) is 0 Å². The highest BCUT2D eigenvalue weighted by molar-refractivity contribution is 6.31. The summed E-state index contributed by atoms with van der Waals surface area (Å²) in [5, 5.41) is 11.3. The van der Waals surface area contributed by atoms with Crippen LogP contribution in [-0.2, 0) is 0 Å². The topological polar surface area (TPSA) is 20.2 Å². The van der Waals surface area contributed by atoms with Gasteiger partial charge >= 0.3 is 0 Å². The van der Waals surface area contributed by atoms with Crippen molar-refractivity contribution in [3.8, 4) is 0 Å². The van der Waals surface area contributed by atoms with Crippen LogP contribution >= 0.6 is 11.6 Å². The largest absolute Gasteiger partial charge is 0.388 e. The molecule has 0 aliphatic heterocycles. The van der Waals surface area contributed by atoms with Crippen molar-refractivity contribution in [2.75, 3.05) is 0 Å². The molecular weight excluding hydrogens is 256 g/mol. The molecule has 0 spiro atoms. The molecule has 0 radical (unpaired) electrons. The summed E-state index contributed by atoms with van der Waals surface area (Å²) in [4.78, 5) is 0. The number of aryl methyl sites for hydroxylation is 1. The molecule has 19 heavy (non-hydrogen) atoms. The smallest absolute Gasteiger partial charge is 0.0858 e. The van der Waals surface area contributed by atoms with E-state index in [0.29, 0.717) is 5.02 Å². The molecule has 0 saturated carbocycles. The van der Waals surface area contributed by atoms with Gasteiger partial charge in [-0.15, -0.1) is 0 Å². The summed E-state index contributed by atoms with van der Waals surface area (Å²) < 4.78 is 0. The number of aliphatic hydroxyl groups excluding tert-OH is 1. The molecule has 0 heterocycles. The average molecular weight is 275 g/mol. The molecule has 0 fully saturated rings. The maximum Gasteiger partial charge on any atom is 0.0858 e. The fourth-order valence-corrected chi connectivity index (χ4v) is 2.56. The quantitative estimate of drug-likeness (QED) is 0.843. The lowest BCUT2D eigenvalue weighted by Crippen LogP contribution is -2.10. The van der Waals surface area contributed by atoms with Crippen molar-refractivity contribution in [1.29, 1.82) is 0 Å². The Bertz CT molecular complexity index is 536. The molecular formula is C17H19ClO. The molecule has 0 aromatic heterocycles. The number of benzene rings is 2. The van der Waals surface area contributed by atoms with Gasteiger partial charge in [0, 0.05) is 10.9 Å². The van der Waals surface area contributed by atoms with Gasteiger partial charge in [0.15, 0.2) is 0 Å². The van der Waals surface area contributed by atoms with Crippen LogP contribution in [0.2, 0.25) is 5.02 Å². The lowest BCUT2D eigenvalue weighted by atomic mass is 9.87. The SMILES string of the molecule is CCC(c1ccccc1)C(O)c1ccc(C)c(Cl)c1. The number of hydrogen-bond acceptors (Lipinski definition) is 1. The standard InChI is InChI=1S/C17H19ClO/c1-3-15(13-7-5-4-6-8-13)17(19)14-10-9-12(2)16(18)11-14/h4-11,15,17,19H,3H2,1-2H3. The summed E-state index contributed by atoms with van der Waals surface area (Å²) in [5.41, 5.74) is 3.07. The molecule has 2 heteroatoms. The third-order valence-electron chi connectivity index (χ3n) is 3.59. The summed E-state index contributed by atoms with van der Waals surface area (Å²) in [7, 11) is 0. The lowest BCUT2D eigenvalue weighted by molar-refractivity contribution is 0.142. The molecule has 2 rings (SSSR count). The van der Waals surface area contributed by atoms with Crippen molar-refractivity contribution in [3.05, 3.63) is 70.2 Å². The second-order valence-corrected chi connectivity index (χ2v) is 5.29. The maximum absolute atomic E-state index is 10.6. The van der Waals surface area contributed by atoms with Gasteiger partial charge in [0.25, 0.3) is 0 Å². The summed E-state index contributed by atoms with van der Waals surface area (Å²) in [6, 6.07) is 15.9. The normalized spacial score (nSPS) is 14.1. The van der Waals surface area contributed by atoms with E-state index < -0.39 is 6.10 Å². The molecule has 0 aliphatic rings. The molecule has 1 nitrogen and oxygen atoms in total. The minimum absolute atomic E-state index is 0.0972. The maximum atomic E-state index is 10.6. The van der Waals surface area contributed by atoms with E-state index in [0.717, 1.165) is 23.1 Å². The molecule has 2 unspecified atom stereocenters. The molecule has 2 aromatic rings. The summed E-state index contributed by atoms with van der Waals surface area (Å²) >= 11 is 6.14. The molecule has 2 atom stereocenters. The van der Waals surface area contributed by atoms with E-state index in [4.69, 9.17) is 11.6 Å². The Labute approximate surface area is 119 Å². The van der Waals surface area contributed by atoms with E-state index in [1.807, 2.05) is 43.3 Å². The van der Waals surface area contributed by atoms with Crippen molar-refractivity contribution < 1.29 is 5.11 Å². The average Bonchev–Trinajstić information content (AvgIpc) is 2.44. The van der Waals surface area contributed by atoms with Crippen LogP contribution in [-0.4, -0.2) is 5.11 Å². The molecule has 1 N–H and O–H groups in total. The third kappa shape index (κ3) is 3.17. The van der Waals surface area contributed by atoms with Gasteiger partial charge in [-0.05, 0) is 36.1 Å². The first-order valence-corrected chi connectivity index (χ1v) is 7.00. The monoisotopic (exact) mass is 274 g/mol. The van der Waals surface area contributed by atoms with Crippen molar-refractivity contribution in [2.24, 2.45) is 0 Å². The van der Waals surface area contributed by atoms with Crippen LogP contribution < -0.4 is 0 Å². The van der Waals surface area contributed by atoms with Gasteiger partial charge in [0.2, 0.25) is 0 Å². The first kappa shape index (κ1) is 14.1. The number of aliphatic hydroxyl groups is 1. The predicted octanol–water partition coefficient (Wildman–Crippen LogP) is 4.88.